The van der Waals surface area contributed by atoms with Gasteiger partial charge in [-0.15, -0.1) is 0 Å². The highest BCUT2D eigenvalue weighted by Crippen LogP contribution is 2.23. The lowest BCUT2D eigenvalue weighted by Gasteiger charge is -2.25. The van der Waals surface area contributed by atoms with Gasteiger partial charge >= 0.3 is 7.12 Å². The fourth-order valence-corrected chi connectivity index (χ4v) is 1.93. The zero-order valence-corrected chi connectivity index (χ0v) is 9.20. The molecule has 0 aliphatic carbocycles. The molecule has 0 atom stereocenters. The second kappa shape index (κ2) is 3.75. The van der Waals surface area contributed by atoms with Crippen molar-refractivity contribution in [2.45, 2.75) is 33.1 Å². The topological polar surface area (TPSA) is 40.5 Å². The Labute approximate surface area is 85.7 Å². The molecule has 0 aliphatic rings. The second-order valence-electron chi connectivity index (χ2n) is 4.66. The minimum absolute atomic E-state index is 0.0651. The number of hydrogen-bond donors (Lipinski definition) is 2. The van der Waals surface area contributed by atoms with Gasteiger partial charge in [0, 0.05) is 0 Å². The summed E-state index contributed by atoms with van der Waals surface area (Å²) in [4.78, 5) is 0. The SMILES string of the molecule is Cc1cccc(B(O)O)c1C(C)(C)C. The van der Waals surface area contributed by atoms with Crippen LogP contribution in [0.4, 0.5) is 0 Å². The van der Waals surface area contributed by atoms with Crippen molar-refractivity contribution in [1.29, 1.82) is 0 Å². The summed E-state index contributed by atoms with van der Waals surface area (Å²) in [6, 6.07) is 5.60. The van der Waals surface area contributed by atoms with Gasteiger partial charge < -0.3 is 10.0 Å². The maximum Gasteiger partial charge on any atom is 0.488 e. The molecular formula is C11H17BO2. The molecule has 0 heterocycles. The molecule has 0 aliphatic heterocycles. The maximum atomic E-state index is 9.25. The molecule has 0 saturated carbocycles. The van der Waals surface area contributed by atoms with Crippen molar-refractivity contribution < 1.29 is 10.0 Å². The van der Waals surface area contributed by atoms with Gasteiger partial charge in [0.25, 0.3) is 0 Å². The van der Waals surface area contributed by atoms with Crippen molar-refractivity contribution >= 4 is 12.6 Å². The number of hydrogen-bond acceptors (Lipinski definition) is 2. The van der Waals surface area contributed by atoms with Gasteiger partial charge in [0.05, 0.1) is 0 Å². The molecule has 2 nitrogen and oxygen atoms in total. The molecule has 1 aromatic rings. The lowest BCUT2D eigenvalue weighted by molar-refractivity contribution is 0.424. The molecule has 0 amide bonds. The van der Waals surface area contributed by atoms with E-state index >= 15 is 0 Å². The van der Waals surface area contributed by atoms with Gasteiger partial charge in [-0.1, -0.05) is 39.0 Å². The summed E-state index contributed by atoms with van der Waals surface area (Å²) in [7, 11) is -1.39. The minimum atomic E-state index is -1.39. The molecule has 76 valence electrons. The van der Waals surface area contributed by atoms with Crippen LogP contribution in [-0.2, 0) is 5.41 Å². The monoisotopic (exact) mass is 192 g/mol. The van der Waals surface area contributed by atoms with E-state index in [9.17, 15) is 10.0 Å². The Kier molecular flexibility index (Phi) is 3.02. The molecule has 0 unspecified atom stereocenters. The molecule has 0 saturated heterocycles. The van der Waals surface area contributed by atoms with Crippen molar-refractivity contribution in [2.24, 2.45) is 0 Å². The second-order valence-corrected chi connectivity index (χ2v) is 4.66. The van der Waals surface area contributed by atoms with Crippen LogP contribution in [0.3, 0.4) is 0 Å². The van der Waals surface area contributed by atoms with Crippen LogP contribution in [0.15, 0.2) is 18.2 Å². The summed E-state index contributed by atoms with van der Waals surface area (Å²) in [5.74, 6) is 0. The molecule has 0 spiro atoms. The van der Waals surface area contributed by atoms with Crippen LogP contribution in [0.1, 0.15) is 31.9 Å². The summed E-state index contributed by atoms with van der Waals surface area (Å²) >= 11 is 0. The van der Waals surface area contributed by atoms with Gasteiger partial charge in [-0.3, -0.25) is 0 Å². The average molecular weight is 192 g/mol. The van der Waals surface area contributed by atoms with Gasteiger partial charge in [0.2, 0.25) is 0 Å². The van der Waals surface area contributed by atoms with E-state index in [1.165, 1.54) is 0 Å². The van der Waals surface area contributed by atoms with Gasteiger partial charge in [-0.2, -0.15) is 0 Å². The predicted molar refractivity (Wildman–Crippen MR) is 59.7 cm³/mol. The van der Waals surface area contributed by atoms with Crippen molar-refractivity contribution in [3.8, 4) is 0 Å². The van der Waals surface area contributed by atoms with Crippen molar-refractivity contribution in [3.63, 3.8) is 0 Å². The van der Waals surface area contributed by atoms with E-state index in [0.29, 0.717) is 5.46 Å². The minimum Gasteiger partial charge on any atom is -0.423 e. The molecule has 0 aromatic heterocycles. The standard InChI is InChI=1S/C11H17BO2/c1-8-6-5-7-9(12(13)14)10(8)11(2,3)4/h5-7,13-14H,1-4H3. The Balaban J connectivity index is 3.38. The first-order valence-electron chi connectivity index (χ1n) is 4.80. The molecule has 1 aromatic carbocycles. The molecule has 2 N–H and O–H groups in total. The van der Waals surface area contributed by atoms with Crippen LogP contribution in [0.5, 0.6) is 0 Å². The first kappa shape index (κ1) is 11.3. The third kappa shape index (κ3) is 2.17. The van der Waals surface area contributed by atoms with Crippen LogP contribution in [0.25, 0.3) is 0 Å². The Bertz CT molecular complexity index is 327. The van der Waals surface area contributed by atoms with Crippen molar-refractivity contribution in [1.82, 2.24) is 0 Å². The van der Waals surface area contributed by atoms with Crippen molar-refractivity contribution in [2.75, 3.05) is 0 Å². The van der Waals surface area contributed by atoms with E-state index in [1.807, 2.05) is 19.1 Å². The lowest BCUT2D eigenvalue weighted by Crippen LogP contribution is -2.37. The quantitative estimate of drug-likeness (QED) is 0.651. The normalized spacial score (nSPS) is 11.6. The van der Waals surface area contributed by atoms with Crippen LogP contribution in [0.2, 0.25) is 0 Å². The molecule has 0 bridgehead atoms. The Morgan fingerprint density at radius 1 is 1.14 bits per heavy atom. The van der Waals surface area contributed by atoms with Crippen LogP contribution in [-0.4, -0.2) is 17.2 Å². The number of rotatable bonds is 1. The smallest absolute Gasteiger partial charge is 0.423 e. The Morgan fingerprint density at radius 3 is 2.07 bits per heavy atom. The summed E-state index contributed by atoms with van der Waals surface area (Å²) in [5.41, 5.74) is 2.67. The summed E-state index contributed by atoms with van der Waals surface area (Å²) in [6.07, 6.45) is 0. The van der Waals surface area contributed by atoms with Crippen LogP contribution >= 0.6 is 0 Å². The van der Waals surface area contributed by atoms with Gasteiger partial charge in [-0.05, 0) is 28.9 Å². The Hall–Kier alpha value is -0.795. The molecule has 1 rings (SSSR count). The fourth-order valence-electron chi connectivity index (χ4n) is 1.93. The third-order valence-corrected chi connectivity index (χ3v) is 2.33. The van der Waals surface area contributed by atoms with Crippen molar-refractivity contribution in [3.05, 3.63) is 29.3 Å². The Morgan fingerprint density at radius 2 is 1.71 bits per heavy atom. The van der Waals surface area contributed by atoms with Gasteiger partial charge in [0.15, 0.2) is 0 Å². The van der Waals surface area contributed by atoms with Gasteiger partial charge in [-0.25, -0.2) is 0 Å². The largest absolute Gasteiger partial charge is 0.488 e. The van der Waals surface area contributed by atoms with Gasteiger partial charge in [0.1, 0.15) is 0 Å². The first-order chi connectivity index (χ1) is 6.34. The lowest BCUT2D eigenvalue weighted by atomic mass is 9.69. The van der Waals surface area contributed by atoms with Crippen LogP contribution in [0, 0.1) is 6.92 Å². The summed E-state index contributed by atoms with van der Waals surface area (Å²) < 4.78 is 0. The van der Waals surface area contributed by atoms with E-state index in [0.717, 1.165) is 11.1 Å². The highest BCUT2D eigenvalue weighted by Gasteiger charge is 2.25. The molecule has 14 heavy (non-hydrogen) atoms. The van der Waals surface area contributed by atoms with E-state index in [-0.39, 0.29) is 5.41 Å². The third-order valence-electron chi connectivity index (χ3n) is 2.33. The summed E-state index contributed by atoms with van der Waals surface area (Å²) in [5, 5.41) is 18.5. The van der Waals surface area contributed by atoms with E-state index in [1.54, 1.807) is 6.07 Å². The molecule has 0 fully saturated rings. The zero-order chi connectivity index (χ0) is 10.9. The van der Waals surface area contributed by atoms with E-state index in [4.69, 9.17) is 0 Å². The zero-order valence-electron chi connectivity index (χ0n) is 9.20. The molecule has 0 radical (unpaired) electrons. The van der Waals surface area contributed by atoms with E-state index in [2.05, 4.69) is 20.8 Å². The first-order valence-corrected chi connectivity index (χ1v) is 4.80. The highest BCUT2D eigenvalue weighted by molar-refractivity contribution is 6.59. The molecular weight excluding hydrogens is 175 g/mol. The highest BCUT2D eigenvalue weighted by atomic mass is 16.4. The predicted octanol–water partition coefficient (Wildman–Crippen LogP) is 0.972. The number of benzene rings is 1. The maximum absolute atomic E-state index is 9.25. The van der Waals surface area contributed by atoms with E-state index < -0.39 is 7.12 Å². The average Bonchev–Trinajstić information content (AvgIpc) is 2.01. The van der Waals surface area contributed by atoms with Crippen LogP contribution < -0.4 is 5.46 Å². The fraction of sp³-hybridized carbons (Fsp3) is 0.455. The number of aryl methyl sites for hydroxylation is 1. The summed E-state index contributed by atoms with van der Waals surface area (Å²) in [6.45, 7) is 8.20. The molecule has 3 heteroatoms.